The highest BCUT2D eigenvalue weighted by atomic mass is 35.5. The molecule has 5 nitrogen and oxygen atoms in total. The fourth-order valence-corrected chi connectivity index (χ4v) is 3.46. The third kappa shape index (κ3) is 4.15. The zero-order chi connectivity index (χ0) is 22.0. The molecule has 0 saturated heterocycles. The Hall–Kier alpha value is -3.64. The summed E-state index contributed by atoms with van der Waals surface area (Å²) in [5, 5.41) is 3.40. The van der Waals surface area contributed by atoms with E-state index in [1.165, 1.54) is 18.2 Å². The maximum absolute atomic E-state index is 13.5. The van der Waals surface area contributed by atoms with Gasteiger partial charge >= 0.3 is 0 Å². The third-order valence-electron chi connectivity index (χ3n) is 4.82. The Labute approximate surface area is 183 Å². The highest BCUT2D eigenvalue weighted by Crippen LogP contribution is 2.33. The standard InChI is InChI=1S/C24H18ClFN2O3/c1-30-22-10-7-14(11-23(22)31-2)21-13-17(16-5-3-4-6-20(16)28-21)24(29)27-15-8-9-19(26)18(25)12-15/h3-13H,1-2H3,(H,27,29). The predicted molar refractivity (Wildman–Crippen MR) is 120 cm³/mol. The van der Waals surface area contributed by atoms with Crippen molar-refractivity contribution in [2.75, 3.05) is 19.5 Å². The van der Waals surface area contributed by atoms with Crippen LogP contribution in [0.5, 0.6) is 11.5 Å². The summed E-state index contributed by atoms with van der Waals surface area (Å²) in [5.74, 6) is 0.243. The van der Waals surface area contributed by atoms with E-state index < -0.39 is 5.82 Å². The van der Waals surface area contributed by atoms with Crippen LogP contribution in [0.1, 0.15) is 10.4 Å². The maximum atomic E-state index is 13.5. The second-order valence-corrected chi connectivity index (χ2v) is 7.13. The van der Waals surface area contributed by atoms with E-state index in [2.05, 4.69) is 5.32 Å². The molecule has 0 aliphatic heterocycles. The van der Waals surface area contributed by atoms with E-state index >= 15 is 0 Å². The van der Waals surface area contributed by atoms with Crippen molar-refractivity contribution in [1.29, 1.82) is 0 Å². The molecule has 0 aliphatic carbocycles. The number of halogens is 2. The summed E-state index contributed by atoms with van der Waals surface area (Å²) < 4.78 is 24.1. The van der Waals surface area contributed by atoms with Gasteiger partial charge in [0.05, 0.1) is 36.0 Å². The summed E-state index contributed by atoms with van der Waals surface area (Å²) in [7, 11) is 3.12. The molecule has 0 atom stereocenters. The molecule has 0 fully saturated rings. The molecule has 3 aromatic carbocycles. The molecule has 31 heavy (non-hydrogen) atoms. The van der Waals surface area contributed by atoms with Crippen LogP contribution in [0.2, 0.25) is 5.02 Å². The largest absolute Gasteiger partial charge is 0.493 e. The molecular formula is C24H18ClFN2O3. The van der Waals surface area contributed by atoms with Crippen molar-refractivity contribution in [2.45, 2.75) is 0 Å². The monoisotopic (exact) mass is 436 g/mol. The lowest BCUT2D eigenvalue weighted by Gasteiger charge is -2.13. The van der Waals surface area contributed by atoms with Crippen LogP contribution >= 0.6 is 11.6 Å². The summed E-state index contributed by atoms with van der Waals surface area (Å²) in [6, 6.07) is 18.5. The Kier molecular flexibility index (Phi) is 5.73. The molecule has 1 aromatic heterocycles. The Morgan fingerprint density at radius 3 is 2.48 bits per heavy atom. The fraction of sp³-hybridized carbons (Fsp3) is 0.0833. The number of carbonyl (C=O) groups is 1. The maximum Gasteiger partial charge on any atom is 0.256 e. The molecule has 0 radical (unpaired) electrons. The van der Waals surface area contributed by atoms with Crippen molar-refractivity contribution < 1.29 is 18.7 Å². The summed E-state index contributed by atoms with van der Waals surface area (Å²) in [6.45, 7) is 0. The topological polar surface area (TPSA) is 60.5 Å². The van der Waals surface area contributed by atoms with Crippen LogP contribution in [0.4, 0.5) is 10.1 Å². The first-order valence-corrected chi connectivity index (χ1v) is 9.76. The van der Waals surface area contributed by atoms with Gasteiger partial charge in [-0.05, 0) is 48.5 Å². The Morgan fingerprint density at radius 2 is 1.74 bits per heavy atom. The first kappa shape index (κ1) is 20.6. The second-order valence-electron chi connectivity index (χ2n) is 6.72. The van der Waals surface area contributed by atoms with Crippen LogP contribution in [0.3, 0.4) is 0 Å². The molecule has 4 aromatic rings. The number of fused-ring (bicyclic) bond motifs is 1. The molecular weight excluding hydrogens is 419 g/mol. The van der Waals surface area contributed by atoms with Crippen LogP contribution in [0.25, 0.3) is 22.2 Å². The van der Waals surface area contributed by atoms with Gasteiger partial charge in [-0.3, -0.25) is 4.79 Å². The normalized spacial score (nSPS) is 10.7. The Balaban J connectivity index is 1.80. The number of hydrogen-bond acceptors (Lipinski definition) is 4. The predicted octanol–water partition coefficient (Wildman–Crippen LogP) is 5.96. The van der Waals surface area contributed by atoms with Crippen molar-refractivity contribution in [2.24, 2.45) is 0 Å². The van der Waals surface area contributed by atoms with E-state index in [1.54, 1.807) is 32.4 Å². The summed E-state index contributed by atoms with van der Waals surface area (Å²) in [6.07, 6.45) is 0. The average Bonchev–Trinajstić information content (AvgIpc) is 2.80. The SMILES string of the molecule is COc1ccc(-c2cc(C(=O)Nc3ccc(F)c(Cl)c3)c3ccccc3n2)cc1OC. The van der Waals surface area contributed by atoms with Gasteiger partial charge in [-0.25, -0.2) is 9.37 Å². The summed E-state index contributed by atoms with van der Waals surface area (Å²) in [5.41, 5.74) is 2.85. The van der Waals surface area contributed by atoms with Crippen LogP contribution in [0, 0.1) is 5.82 Å². The number of hydrogen-bond donors (Lipinski definition) is 1. The number of rotatable bonds is 5. The fourth-order valence-electron chi connectivity index (χ4n) is 3.28. The number of pyridine rings is 1. The molecule has 1 amide bonds. The molecule has 0 saturated carbocycles. The van der Waals surface area contributed by atoms with Gasteiger partial charge < -0.3 is 14.8 Å². The van der Waals surface area contributed by atoms with E-state index in [4.69, 9.17) is 26.1 Å². The molecule has 156 valence electrons. The summed E-state index contributed by atoms with van der Waals surface area (Å²) >= 11 is 5.84. The smallest absolute Gasteiger partial charge is 0.256 e. The molecule has 7 heteroatoms. The zero-order valence-corrected chi connectivity index (χ0v) is 17.5. The van der Waals surface area contributed by atoms with Crippen molar-refractivity contribution in [3.8, 4) is 22.8 Å². The number of ether oxygens (including phenoxy) is 2. The van der Waals surface area contributed by atoms with Crippen LogP contribution < -0.4 is 14.8 Å². The van der Waals surface area contributed by atoms with E-state index in [-0.39, 0.29) is 10.9 Å². The lowest BCUT2D eigenvalue weighted by atomic mass is 10.0. The molecule has 0 spiro atoms. The molecule has 0 bridgehead atoms. The number of nitrogens with one attached hydrogen (secondary N) is 1. The molecule has 0 aliphatic rings. The number of benzene rings is 3. The van der Waals surface area contributed by atoms with Crippen molar-refractivity contribution >= 4 is 34.1 Å². The van der Waals surface area contributed by atoms with Gasteiger partial charge in [0.15, 0.2) is 11.5 Å². The molecule has 4 rings (SSSR count). The third-order valence-corrected chi connectivity index (χ3v) is 5.11. The second kappa shape index (κ2) is 8.62. The number of methoxy groups -OCH3 is 2. The van der Waals surface area contributed by atoms with Crippen molar-refractivity contribution in [1.82, 2.24) is 4.98 Å². The van der Waals surface area contributed by atoms with Gasteiger partial charge in [0.25, 0.3) is 5.91 Å². The quantitative estimate of drug-likeness (QED) is 0.419. The van der Waals surface area contributed by atoms with Crippen LogP contribution in [-0.4, -0.2) is 25.1 Å². The van der Waals surface area contributed by atoms with Gasteiger partial charge in [-0.2, -0.15) is 0 Å². The highest BCUT2D eigenvalue weighted by molar-refractivity contribution is 6.31. The van der Waals surface area contributed by atoms with Crippen LogP contribution in [0.15, 0.2) is 66.7 Å². The molecule has 1 N–H and O–H groups in total. The average molecular weight is 437 g/mol. The first-order valence-electron chi connectivity index (χ1n) is 9.38. The Bertz CT molecular complexity index is 1290. The van der Waals surface area contributed by atoms with E-state index in [1.807, 2.05) is 30.3 Å². The summed E-state index contributed by atoms with van der Waals surface area (Å²) in [4.78, 5) is 17.8. The van der Waals surface area contributed by atoms with E-state index in [0.29, 0.717) is 39.3 Å². The minimum Gasteiger partial charge on any atom is -0.493 e. The number of anilines is 1. The van der Waals surface area contributed by atoms with Gasteiger partial charge in [0.2, 0.25) is 0 Å². The lowest BCUT2D eigenvalue weighted by molar-refractivity contribution is 0.102. The van der Waals surface area contributed by atoms with Gasteiger partial charge in [0, 0.05) is 16.6 Å². The molecule has 0 unspecified atom stereocenters. The number of nitrogens with zero attached hydrogens (tertiary/aromatic N) is 1. The van der Waals surface area contributed by atoms with Crippen LogP contribution in [-0.2, 0) is 0 Å². The minimum atomic E-state index is -0.551. The minimum absolute atomic E-state index is 0.0663. The number of carbonyl (C=O) groups excluding carboxylic acids is 1. The number of aromatic nitrogens is 1. The highest BCUT2D eigenvalue weighted by Gasteiger charge is 2.16. The number of amides is 1. The van der Waals surface area contributed by atoms with Crippen molar-refractivity contribution in [3.05, 3.63) is 83.1 Å². The Morgan fingerprint density at radius 1 is 0.968 bits per heavy atom. The number of para-hydroxylation sites is 1. The van der Waals surface area contributed by atoms with Gasteiger partial charge in [0.1, 0.15) is 5.82 Å². The molecule has 1 heterocycles. The van der Waals surface area contributed by atoms with Crippen molar-refractivity contribution in [3.63, 3.8) is 0 Å². The van der Waals surface area contributed by atoms with Gasteiger partial charge in [-0.15, -0.1) is 0 Å². The van der Waals surface area contributed by atoms with Gasteiger partial charge in [-0.1, -0.05) is 29.8 Å². The van der Waals surface area contributed by atoms with E-state index in [0.717, 1.165) is 5.56 Å². The lowest BCUT2D eigenvalue weighted by Crippen LogP contribution is -2.13. The van der Waals surface area contributed by atoms with E-state index in [9.17, 15) is 9.18 Å². The first-order chi connectivity index (χ1) is 15.0. The zero-order valence-electron chi connectivity index (χ0n) is 16.8.